The molecule has 5 heterocycles. The zero-order valence-corrected chi connectivity index (χ0v) is 17.1. The highest BCUT2D eigenvalue weighted by molar-refractivity contribution is 5.22. The van der Waals surface area contributed by atoms with Gasteiger partial charge in [-0.2, -0.15) is 0 Å². The fraction of sp³-hybridized carbons (Fsp3) is 0.565. The van der Waals surface area contributed by atoms with Gasteiger partial charge in [0.05, 0.1) is 5.69 Å². The molecular weight excluding hydrogens is 362 g/mol. The molecule has 2 aromatic rings. The van der Waals surface area contributed by atoms with Gasteiger partial charge in [0.1, 0.15) is 0 Å². The van der Waals surface area contributed by atoms with Gasteiger partial charge in [-0.3, -0.25) is 19.6 Å². The van der Waals surface area contributed by atoms with Gasteiger partial charge >= 0.3 is 0 Å². The first-order valence-electron chi connectivity index (χ1n) is 11.0. The van der Waals surface area contributed by atoms with Crippen molar-refractivity contribution in [3.63, 3.8) is 0 Å². The molecule has 2 fully saturated rings. The third-order valence-corrected chi connectivity index (χ3v) is 6.77. The van der Waals surface area contributed by atoms with E-state index in [1.54, 1.807) is 0 Å². The molecule has 2 saturated heterocycles. The van der Waals surface area contributed by atoms with E-state index in [0.717, 1.165) is 76.6 Å². The Morgan fingerprint density at radius 2 is 1.86 bits per heavy atom. The van der Waals surface area contributed by atoms with Crippen molar-refractivity contribution in [2.24, 2.45) is 5.92 Å². The molecule has 5 rings (SSSR count). The van der Waals surface area contributed by atoms with E-state index in [0.29, 0.717) is 11.8 Å². The molecule has 6 heteroatoms. The molecule has 1 N–H and O–H groups in total. The second-order valence-corrected chi connectivity index (χ2v) is 8.88. The first kappa shape index (κ1) is 19.0. The molecule has 0 aliphatic carbocycles. The van der Waals surface area contributed by atoms with Gasteiger partial charge in [0, 0.05) is 62.6 Å². The van der Waals surface area contributed by atoms with E-state index < -0.39 is 0 Å². The molecule has 0 spiro atoms. The average molecular weight is 394 g/mol. The van der Waals surface area contributed by atoms with E-state index in [1.807, 2.05) is 12.3 Å². The summed E-state index contributed by atoms with van der Waals surface area (Å²) in [6.45, 7) is 8.78. The lowest BCUT2D eigenvalue weighted by molar-refractivity contribution is 0.240. The zero-order valence-electron chi connectivity index (χ0n) is 17.1. The smallest absolute Gasteiger partial charge is 0.255 e. The third kappa shape index (κ3) is 4.15. The van der Waals surface area contributed by atoms with Crippen molar-refractivity contribution in [2.45, 2.75) is 38.4 Å². The summed E-state index contributed by atoms with van der Waals surface area (Å²) in [4.78, 5) is 22.6. The monoisotopic (exact) mass is 393 g/mol. The van der Waals surface area contributed by atoms with Crippen LogP contribution in [0.2, 0.25) is 0 Å². The van der Waals surface area contributed by atoms with E-state index in [4.69, 9.17) is 0 Å². The minimum atomic E-state index is 0.244. The lowest BCUT2D eigenvalue weighted by Gasteiger charge is -2.37. The van der Waals surface area contributed by atoms with Crippen LogP contribution in [0.1, 0.15) is 35.7 Å². The molecular formula is C23H31N5O. The maximum atomic E-state index is 13.2. The van der Waals surface area contributed by atoms with Crippen LogP contribution in [0.15, 0.2) is 41.3 Å². The quantitative estimate of drug-likeness (QED) is 0.856. The molecule has 3 aliphatic rings. The van der Waals surface area contributed by atoms with Crippen LogP contribution < -0.4 is 10.9 Å². The Labute approximate surface area is 172 Å². The lowest BCUT2D eigenvalue weighted by atomic mass is 9.84. The van der Waals surface area contributed by atoms with Crippen LogP contribution in [0.4, 0.5) is 0 Å². The van der Waals surface area contributed by atoms with Gasteiger partial charge in [-0.15, -0.1) is 0 Å². The van der Waals surface area contributed by atoms with Gasteiger partial charge in [0.15, 0.2) is 0 Å². The average Bonchev–Trinajstić information content (AvgIpc) is 2.97. The van der Waals surface area contributed by atoms with Gasteiger partial charge in [-0.05, 0) is 56.6 Å². The summed E-state index contributed by atoms with van der Waals surface area (Å²) >= 11 is 0. The first-order chi connectivity index (χ1) is 14.3. The first-order valence-corrected chi connectivity index (χ1v) is 11.0. The standard InChI is InChI=1S/C23H31N5O/c29-23-19(5-6-22-20-12-18(13-24-14-20)15-28(22)23)16-26-8-3-9-27(11-10-26)17-21-4-1-2-7-25-21/h1-2,4-7,18,20,24H,3,8-17H2/t18-,20+/m0/s1. The van der Waals surface area contributed by atoms with Crippen molar-refractivity contribution in [3.05, 3.63) is 63.8 Å². The van der Waals surface area contributed by atoms with Crippen LogP contribution in [0.3, 0.4) is 0 Å². The minimum absolute atomic E-state index is 0.244. The second-order valence-electron chi connectivity index (χ2n) is 8.88. The Hall–Kier alpha value is -2.02. The maximum Gasteiger partial charge on any atom is 0.255 e. The number of aromatic nitrogens is 2. The van der Waals surface area contributed by atoms with Crippen LogP contribution in [0.25, 0.3) is 0 Å². The van der Waals surface area contributed by atoms with E-state index >= 15 is 0 Å². The molecule has 2 aromatic heterocycles. The number of rotatable bonds is 4. The molecule has 2 atom stereocenters. The van der Waals surface area contributed by atoms with Crippen molar-refractivity contribution in [1.82, 2.24) is 24.7 Å². The van der Waals surface area contributed by atoms with E-state index in [9.17, 15) is 4.79 Å². The van der Waals surface area contributed by atoms with Crippen molar-refractivity contribution >= 4 is 0 Å². The molecule has 0 saturated carbocycles. The summed E-state index contributed by atoms with van der Waals surface area (Å²) < 4.78 is 2.08. The van der Waals surface area contributed by atoms with Crippen LogP contribution in [0.5, 0.6) is 0 Å². The highest BCUT2D eigenvalue weighted by Gasteiger charge is 2.31. The van der Waals surface area contributed by atoms with Gasteiger partial charge in [0.2, 0.25) is 0 Å². The molecule has 0 unspecified atom stereocenters. The predicted octanol–water partition coefficient (Wildman–Crippen LogP) is 1.66. The molecule has 0 radical (unpaired) electrons. The fourth-order valence-corrected chi connectivity index (χ4v) is 5.26. The Bertz CT molecular complexity index is 896. The number of piperidine rings is 1. The summed E-state index contributed by atoms with van der Waals surface area (Å²) in [7, 11) is 0. The molecule has 2 bridgehead atoms. The summed E-state index contributed by atoms with van der Waals surface area (Å²) in [6, 6.07) is 10.4. The number of hydrogen-bond acceptors (Lipinski definition) is 5. The van der Waals surface area contributed by atoms with Gasteiger partial charge in [0.25, 0.3) is 5.56 Å². The highest BCUT2D eigenvalue weighted by Crippen LogP contribution is 2.31. The van der Waals surface area contributed by atoms with Crippen LogP contribution in [-0.4, -0.2) is 58.6 Å². The number of fused-ring (bicyclic) bond motifs is 4. The van der Waals surface area contributed by atoms with Gasteiger partial charge in [-0.25, -0.2) is 0 Å². The molecule has 0 aromatic carbocycles. The van der Waals surface area contributed by atoms with Gasteiger partial charge in [-0.1, -0.05) is 12.1 Å². The predicted molar refractivity (Wildman–Crippen MR) is 114 cm³/mol. The zero-order chi connectivity index (χ0) is 19.6. The fourth-order valence-electron chi connectivity index (χ4n) is 5.26. The number of nitrogens with one attached hydrogen (secondary N) is 1. The summed E-state index contributed by atoms with van der Waals surface area (Å²) in [6.07, 6.45) is 4.23. The Balaban J connectivity index is 1.25. The topological polar surface area (TPSA) is 53.4 Å². The SMILES string of the molecule is O=c1c(CN2CCCN(Cc3ccccn3)CC2)ccc2n1C[C@@H]1CNC[C@H]2C1. The molecule has 3 aliphatic heterocycles. The summed E-state index contributed by atoms with van der Waals surface area (Å²) in [5.41, 5.74) is 3.57. The largest absolute Gasteiger partial charge is 0.316 e. The van der Waals surface area contributed by atoms with Crippen LogP contribution >= 0.6 is 0 Å². The molecule has 0 amide bonds. The number of nitrogens with zero attached hydrogens (tertiary/aromatic N) is 4. The Kier molecular flexibility index (Phi) is 5.48. The third-order valence-electron chi connectivity index (χ3n) is 6.77. The van der Waals surface area contributed by atoms with Crippen LogP contribution in [-0.2, 0) is 19.6 Å². The lowest BCUT2D eigenvalue weighted by Crippen LogP contribution is -2.45. The van der Waals surface area contributed by atoms with E-state index in [-0.39, 0.29) is 5.56 Å². The summed E-state index contributed by atoms with van der Waals surface area (Å²) in [5, 5.41) is 3.52. The normalized spacial score (nSPS) is 25.4. The van der Waals surface area contributed by atoms with Crippen LogP contribution in [0, 0.1) is 5.92 Å². The van der Waals surface area contributed by atoms with Crippen molar-refractivity contribution in [1.29, 1.82) is 0 Å². The van der Waals surface area contributed by atoms with Gasteiger partial charge < -0.3 is 9.88 Å². The van der Waals surface area contributed by atoms with Crippen molar-refractivity contribution in [2.75, 3.05) is 39.3 Å². The molecule has 29 heavy (non-hydrogen) atoms. The van der Waals surface area contributed by atoms with E-state index in [1.165, 1.54) is 12.1 Å². The highest BCUT2D eigenvalue weighted by atomic mass is 16.1. The Morgan fingerprint density at radius 1 is 1.00 bits per heavy atom. The molecule has 6 nitrogen and oxygen atoms in total. The Morgan fingerprint density at radius 3 is 2.69 bits per heavy atom. The maximum absolute atomic E-state index is 13.2. The second kappa shape index (κ2) is 8.38. The summed E-state index contributed by atoms with van der Waals surface area (Å²) in [5.74, 6) is 1.11. The minimum Gasteiger partial charge on any atom is -0.316 e. The van der Waals surface area contributed by atoms with Crippen molar-refractivity contribution in [3.8, 4) is 0 Å². The number of hydrogen-bond donors (Lipinski definition) is 1. The van der Waals surface area contributed by atoms with E-state index in [2.05, 4.69) is 48.9 Å². The molecule has 154 valence electrons. The number of pyridine rings is 2. The van der Waals surface area contributed by atoms with Crippen molar-refractivity contribution < 1.29 is 0 Å².